The van der Waals surface area contributed by atoms with Gasteiger partial charge < -0.3 is 10.1 Å². The highest BCUT2D eigenvalue weighted by molar-refractivity contribution is 6.31. The summed E-state index contributed by atoms with van der Waals surface area (Å²) in [6, 6.07) is -0.515. The molecule has 0 spiro atoms. The van der Waals surface area contributed by atoms with Crippen molar-refractivity contribution in [3.05, 3.63) is 16.9 Å². The molecule has 0 radical (unpaired) electrons. The van der Waals surface area contributed by atoms with Crippen molar-refractivity contribution >= 4 is 11.6 Å². The van der Waals surface area contributed by atoms with Crippen LogP contribution in [-0.2, 0) is 11.3 Å². The second-order valence-corrected chi connectivity index (χ2v) is 4.52. The Morgan fingerprint density at radius 3 is 2.65 bits per heavy atom. The van der Waals surface area contributed by atoms with Crippen molar-refractivity contribution in [2.45, 2.75) is 31.9 Å². The fourth-order valence-corrected chi connectivity index (χ4v) is 1.92. The van der Waals surface area contributed by atoms with Crippen LogP contribution in [0.4, 0.5) is 17.6 Å². The number of nitrogens with zero attached hydrogens (tertiary/aromatic N) is 2. The Kier molecular flexibility index (Phi) is 6.22. The van der Waals surface area contributed by atoms with Gasteiger partial charge in [0.2, 0.25) is 0 Å². The fourth-order valence-electron chi connectivity index (χ4n) is 1.65. The maximum atomic E-state index is 12.7. The predicted octanol–water partition coefficient (Wildman–Crippen LogP) is 2.73. The van der Waals surface area contributed by atoms with Crippen LogP contribution in [-0.4, -0.2) is 42.4 Å². The lowest BCUT2D eigenvalue weighted by atomic mass is 10.2. The monoisotopic (exact) mass is 317 g/mol. The summed E-state index contributed by atoms with van der Waals surface area (Å²) in [6.45, 7) is 0.809. The van der Waals surface area contributed by atoms with E-state index < -0.39 is 25.0 Å². The van der Waals surface area contributed by atoms with Crippen molar-refractivity contribution in [2.75, 3.05) is 20.3 Å². The Labute approximate surface area is 119 Å². The standard InChI is InChI=1S/C11H16ClF4N3O/c1-3-19-9(7(12)4-18-19)8(17-2)5-20-6-11(15,16)10(13)14/h4,8,10,17H,3,5-6H2,1-2H3. The van der Waals surface area contributed by atoms with Crippen LogP contribution in [0.15, 0.2) is 6.20 Å². The van der Waals surface area contributed by atoms with E-state index in [1.165, 1.54) is 6.20 Å². The van der Waals surface area contributed by atoms with Crippen molar-refractivity contribution in [3.8, 4) is 0 Å². The summed E-state index contributed by atoms with van der Waals surface area (Å²) in [6.07, 6.45) is -2.32. The predicted molar refractivity (Wildman–Crippen MR) is 66.5 cm³/mol. The number of likely N-dealkylation sites (N-methyl/N-ethyl adjacent to an activating group) is 1. The van der Waals surface area contributed by atoms with Gasteiger partial charge in [0.25, 0.3) is 0 Å². The Morgan fingerprint density at radius 2 is 2.15 bits per heavy atom. The van der Waals surface area contributed by atoms with Gasteiger partial charge in [-0.1, -0.05) is 11.6 Å². The number of nitrogens with one attached hydrogen (secondary N) is 1. The third-order valence-corrected chi connectivity index (χ3v) is 3.00. The summed E-state index contributed by atoms with van der Waals surface area (Å²) in [5.74, 6) is -4.16. The smallest absolute Gasteiger partial charge is 0.330 e. The molecule has 1 atom stereocenters. The minimum atomic E-state index is -4.16. The third kappa shape index (κ3) is 4.07. The highest BCUT2D eigenvalue weighted by Crippen LogP contribution is 2.25. The van der Waals surface area contributed by atoms with Gasteiger partial charge in [-0.25, -0.2) is 8.78 Å². The van der Waals surface area contributed by atoms with Crippen LogP contribution >= 0.6 is 11.6 Å². The van der Waals surface area contributed by atoms with Gasteiger partial charge >= 0.3 is 12.3 Å². The molecule has 4 nitrogen and oxygen atoms in total. The number of hydrogen-bond donors (Lipinski definition) is 1. The van der Waals surface area contributed by atoms with E-state index in [2.05, 4.69) is 10.4 Å². The average molecular weight is 318 g/mol. The molecule has 1 heterocycles. The largest absolute Gasteiger partial charge is 0.373 e. The maximum Gasteiger partial charge on any atom is 0.330 e. The zero-order valence-electron chi connectivity index (χ0n) is 11.0. The van der Waals surface area contributed by atoms with Crippen LogP contribution in [0.1, 0.15) is 18.7 Å². The van der Waals surface area contributed by atoms with Gasteiger partial charge in [0.15, 0.2) is 0 Å². The van der Waals surface area contributed by atoms with Gasteiger partial charge in [-0.2, -0.15) is 13.9 Å². The van der Waals surface area contributed by atoms with E-state index >= 15 is 0 Å². The summed E-state index contributed by atoms with van der Waals surface area (Å²) >= 11 is 5.97. The molecule has 0 aliphatic rings. The molecule has 116 valence electrons. The number of hydrogen-bond acceptors (Lipinski definition) is 3. The van der Waals surface area contributed by atoms with E-state index in [1.807, 2.05) is 6.92 Å². The molecule has 0 fully saturated rings. The van der Waals surface area contributed by atoms with Crippen LogP contribution in [0.2, 0.25) is 5.02 Å². The second kappa shape index (κ2) is 7.24. The topological polar surface area (TPSA) is 39.1 Å². The molecular weight excluding hydrogens is 302 g/mol. The van der Waals surface area contributed by atoms with E-state index in [4.69, 9.17) is 16.3 Å². The number of halogens is 5. The normalized spacial score (nSPS) is 14.0. The first-order valence-electron chi connectivity index (χ1n) is 5.95. The third-order valence-electron chi connectivity index (χ3n) is 2.71. The molecular formula is C11H16ClF4N3O. The number of ether oxygens (including phenoxy) is 1. The van der Waals surface area contributed by atoms with Crippen LogP contribution in [0, 0.1) is 0 Å². The average Bonchev–Trinajstić information content (AvgIpc) is 2.76. The highest BCUT2D eigenvalue weighted by Gasteiger charge is 2.41. The zero-order chi connectivity index (χ0) is 15.3. The second-order valence-electron chi connectivity index (χ2n) is 4.11. The molecule has 1 aromatic heterocycles. The summed E-state index contributed by atoms with van der Waals surface area (Å²) in [5.41, 5.74) is 0.567. The van der Waals surface area contributed by atoms with Gasteiger partial charge in [0.05, 0.1) is 29.6 Å². The molecule has 0 saturated carbocycles. The van der Waals surface area contributed by atoms with Crippen molar-refractivity contribution in [1.29, 1.82) is 0 Å². The summed E-state index contributed by atoms with van der Waals surface area (Å²) in [4.78, 5) is 0. The lowest BCUT2D eigenvalue weighted by molar-refractivity contribution is -0.167. The molecule has 0 amide bonds. The zero-order valence-corrected chi connectivity index (χ0v) is 11.8. The number of aryl methyl sites for hydroxylation is 1. The molecule has 0 aliphatic carbocycles. The minimum Gasteiger partial charge on any atom is -0.373 e. The molecule has 0 aliphatic heterocycles. The molecule has 20 heavy (non-hydrogen) atoms. The minimum absolute atomic E-state index is 0.218. The summed E-state index contributed by atoms with van der Waals surface area (Å²) < 4.78 is 55.7. The van der Waals surface area contributed by atoms with Crippen LogP contribution in [0.3, 0.4) is 0 Å². The Balaban J connectivity index is 2.67. The quantitative estimate of drug-likeness (QED) is 0.749. The van der Waals surface area contributed by atoms with Crippen LogP contribution in [0.5, 0.6) is 0 Å². The summed E-state index contributed by atoms with van der Waals surface area (Å²) in [5, 5.41) is 7.20. The van der Waals surface area contributed by atoms with E-state index in [1.54, 1.807) is 11.7 Å². The van der Waals surface area contributed by atoms with E-state index in [-0.39, 0.29) is 6.61 Å². The van der Waals surface area contributed by atoms with E-state index in [9.17, 15) is 17.6 Å². The van der Waals surface area contributed by atoms with E-state index in [0.29, 0.717) is 17.3 Å². The molecule has 1 rings (SSSR count). The molecule has 0 saturated heterocycles. The fraction of sp³-hybridized carbons (Fsp3) is 0.727. The van der Waals surface area contributed by atoms with E-state index in [0.717, 1.165) is 0 Å². The first kappa shape index (κ1) is 17.2. The Bertz CT molecular complexity index is 428. The van der Waals surface area contributed by atoms with Gasteiger partial charge in [-0.3, -0.25) is 4.68 Å². The van der Waals surface area contributed by atoms with Crippen molar-refractivity contribution in [2.24, 2.45) is 0 Å². The number of aromatic nitrogens is 2. The molecule has 1 N–H and O–H groups in total. The first-order valence-corrected chi connectivity index (χ1v) is 6.33. The van der Waals surface area contributed by atoms with Crippen molar-refractivity contribution in [3.63, 3.8) is 0 Å². The molecule has 0 bridgehead atoms. The highest BCUT2D eigenvalue weighted by atomic mass is 35.5. The van der Waals surface area contributed by atoms with Crippen LogP contribution in [0.25, 0.3) is 0 Å². The Morgan fingerprint density at radius 1 is 1.50 bits per heavy atom. The van der Waals surface area contributed by atoms with Gasteiger partial charge in [-0.05, 0) is 14.0 Å². The molecule has 1 unspecified atom stereocenters. The molecule has 0 aromatic carbocycles. The summed E-state index contributed by atoms with van der Waals surface area (Å²) in [7, 11) is 1.59. The van der Waals surface area contributed by atoms with Crippen molar-refractivity contribution in [1.82, 2.24) is 15.1 Å². The molecule has 1 aromatic rings. The number of rotatable bonds is 8. The van der Waals surface area contributed by atoms with Gasteiger partial charge in [0.1, 0.15) is 6.61 Å². The van der Waals surface area contributed by atoms with Crippen molar-refractivity contribution < 1.29 is 22.3 Å². The SMILES string of the molecule is CCn1ncc(Cl)c1C(COCC(F)(F)C(F)F)NC. The molecule has 9 heteroatoms. The van der Waals surface area contributed by atoms with Crippen LogP contribution < -0.4 is 5.32 Å². The van der Waals surface area contributed by atoms with Gasteiger partial charge in [-0.15, -0.1) is 0 Å². The maximum absolute atomic E-state index is 12.7. The first-order chi connectivity index (χ1) is 9.33. The lowest BCUT2D eigenvalue weighted by Crippen LogP contribution is -2.34. The number of alkyl halides is 4. The Hall–Kier alpha value is -0.860. The lowest BCUT2D eigenvalue weighted by Gasteiger charge is -2.20. The van der Waals surface area contributed by atoms with Gasteiger partial charge in [0, 0.05) is 6.54 Å².